The second kappa shape index (κ2) is 7.16. The predicted octanol–water partition coefficient (Wildman–Crippen LogP) is 1.20. The molecule has 0 saturated heterocycles. The zero-order valence-corrected chi connectivity index (χ0v) is 13.8. The summed E-state index contributed by atoms with van der Waals surface area (Å²) in [4.78, 5) is 22.9. The second-order valence-electron chi connectivity index (χ2n) is 5.71. The minimum atomic E-state index is -0.993. The number of para-hydroxylation sites is 1. The summed E-state index contributed by atoms with van der Waals surface area (Å²) < 4.78 is 3.34. The van der Waals surface area contributed by atoms with Crippen LogP contribution in [0.25, 0.3) is 10.9 Å². The maximum atomic E-state index is 12.2. The van der Waals surface area contributed by atoms with Gasteiger partial charge >= 0.3 is 5.97 Å². The Balaban J connectivity index is 1.63. The van der Waals surface area contributed by atoms with Gasteiger partial charge in [-0.15, -0.1) is 5.10 Å². The molecule has 3 rings (SSSR count). The van der Waals surface area contributed by atoms with Crippen molar-refractivity contribution in [1.82, 2.24) is 24.9 Å². The van der Waals surface area contributed by atoms with E-state index in [1.165, 1.54) is 10.9 Å². The first-order valence-electron chi connectivity index (χ1n) is 8.01. The van der Waals surface area contributed by atoms with E-state index >= 15 is 0 Å². The largest absolute Gasteiger partial charge is 0.480 e. The molecule has 1 aromatic carbocycles. The van der Waals surface area contributed by atoms with E-state index in [0.29, 0.717) is 5.69 Å². The fourth-order valence-electron chi connectivity index (χ4n) is 2.79. The lowest BCUT2D eigenvalue weighted by Gasteiger charge is -2.02. The number of nitrogens with one attached hydrogen (secondary N) is 1. The third-order valence-electron chi connectivity index (χ3n) is 3.91. The number of carboxylic acids is 1. The molecule has 0 bridgehead atoms. The molecule has 0 atom stereocenters. The normalized spacial score (nSPS) is 10.9. The Bertz CT molecular complexity index is 912. The van der Waals surface area contributed by atoms with Crippen molar-refractivity contribution in [3.8, 4) is 0 Å². The summed E-state index contributed by atoms with van der Waals surface area (Å²) in [6, 6.07) is 8.01. The van der Waals surface area contributed by atoms with Gasteiger partial charge in [0.25, 0.3) is 0 Å². The van der Waals surface area contributed by atoms with E-state index in [-0.39, 0.29) is 25.4 Å². The van der Waals surface area contributed by atoms with E-state index in [9.17, 15) is 9.59 Å². The predicted molar refractivity (Wildman–Crippen MR) is 90.8 cm³/mol. The standard InChI is InChI=1S/C17H19N5O3/c1-2-21-9-12(14-5-3-4-6-15(14)21)7-16(23)18-8-13-10-22(20-19-13)11-17(24)25/h3-6,9-10H,2,7-8,11H2,1H3,(H,18,23)(H,24,25). The summed E-state index contributed by atoms with van der Waals surface area (Å²) in [5.74, 6) is -1.11. The van der Waals surface area contributed by atoms with E-state index in [1.54, 1.807) is 0 Å². The van der Waals surface area contributed by atoms with Gasteiger partial charge < -0.3 is 15.0 Å². The van der Waals surface area contributed by atoms with Crippen molar-refractivity contribution >= 4 is 22.8 Å². The highest BCUT2D eigenvalue weighted by atomic mass is 16.4. The van der Waals surface area contributed by atoms with Crippen LogP contribution in [0.15, 0.2) is 36.7 Å². The van der Waals surface area contributed by atoms with Crippen LogP contribution in [0.3, 0.4) is 0 Å². The van der Waals surface area contributed by atoms with E-state index < -0.39 is 5.97 Å². The monoisotopic (exact) mass is 341 g/mol. The highest BCUT2D eigenvalue weighted by molar-refractivity contribution is 5.89. The van der Waals surface area contributed by atoms with Crippen molar-refractivity contribution in [2.45, 2.75) is 33.0 Å². The first-order chi connectivity index (χ1) is 12.1. The molecule has 130 valence electrons. The van der Waals surface area contributed by atoms with Crippen molar-refractivity contribution in [3.05, 3.63) is 47.9 Å². The number of nitrogens with zero attached hydrogens (tertiary/aromatic N) is 4. The first kappa shape index (κ1) is 16.7. The SMILES string of the molecule is CCn1cc(CC(=O)NCc2cn(CC(=O)O)nn2)c2ccccc21. The first-order valence-corrected chi connectivity index (χ1v) is 8.01. The van der Waals surface area contributed by atoms with Crippen molar-refractivity contribution in [1.29, 1.82) is 0 Å². The van der Waals surface area contributed by atoms with E-state index in [2.05, 4.69) is 27.1 Å². The smallest absolute Gasteiger partial charge is 0.325 e. The summed E-state index contributed by atoms with van der Waals surface area (Å²) in [5, 5.41) is 20.1. The van der Waals surface area contributed by atoms with Crippen LogP contribution < -0.4 is 5.32 Å². The molecule has 1 amide bonds. The molecular weight excluding hydrogens is 322 g/mol. The molecule has 0 fully saturated rings. The van der Waals surface area contributed by atoms with Gasteiger partial charge in [0.05, 0.1) is 19.2 Å². The van der Waals surface area contributed by atoms with E-state index in [1.807, 2.05) is 30.5 Å². The maximum absolute atomic E-state index is 12.2. The maximum Gasteiger partial charge on any atom is 0.325 e. The Morgan fingerprint density at radius 1 is 1.24 bits per heavy atom. The molecule has 0 unspecified atom stereocenters. The van der Waals surface area contributed by atoms with Crippen LogP contribution in [0.4, 0.5) is 0 Å². The van der Waals surface area contributed by atoms with Crippen molar-refractivity contribution < 1.29 is 14.7 Å². The molecule has 0 radical (unpaired) electrons. The molecule has 3 aromatic rings. The molecule has 8 heteroatoms. The minimum Gasteiger partial charge on any atom is -0.480 e. The quantitative estimate of drug-likeness (QED) is 0.672. The second-order valence-corrected chi connectivity index (χ2v) is 5.71. The highest BCUT2D eigenvalue weighted by Crippen LogP contribution is 2.21. The Morgan fingerprint density at radius 3 is 2.80 bits per heavy atom. The van der Waals surface area contributed by atoms with Crippen LogP contribution in [0.1, 0.15) is 18.2 Å². The topological polar surface area (TPSA) is 102 Å². The van der Waals surface area contributed by atoms with Gasteiger partial charge in [-0.25, -0.2) is 4.68 Å². The van der Waals surface area contributed by atoms with Crippen LogP contribution in [-0.2, 0) is 35.6 Å². The molecular formula is C17H19N5O3. The fourth-order valence-corrected chi connectivity index (χ4v) is 2.79. The Hall–Kier alpha value is -3.16. The summed E-state index contributed by atoms with van der Waals surface area (Å²) in [7, 11) is 0. The number of amides is 1. The van der Waals surface area contributed by atoms with Gasteiger partial charge in [-0.3, -0.25) is 9.59 Å². The number of rotatable bonds is 7. The molecule has 2 heterocycles. The van der Waals surface area contributed by atoms with Crippen molar-refractivity contribution in [3.63, 3.8) is 0 Å². The molecule has 0 spiro atoms. The van der Waals surface area contributed by atoms with Crippen LogP contribution in [0.2, 0.25) is 0 Å². The molecule has 0 aliphatic carbocycles. The fraction of sp³-hybridized carbons (Fsp3) is 0.294. The number of carboxylic acid groups (broad SMARTS) is 1. The van der Waals surface area contributed by atoms with Crippen molar-refractivity contribution in [2.24, 2.45) is 0 Å². The Labute approximate surface area is 144 Å². The molecule has 0 aliphatic rings. The van der Waals surface area contributed by atoms with Gasteiger partial charge in [-0.2, -0.15) is 0 Å². The summed E-state index contributed by atoms with van der Waals surface area (Å²) in [6.45, 7) is 2.87. The van der Waals surface area contributed by atoms with E-state index in [4.69, 9.17) is 5.11 Å². The number of aryl methyl sites for hydroxylation is 1. The minimum absolute atomic E-state index is 0.119. The van der Waals surface area contributed by atoms with Gasteiger partial charge in [0.15, 0.2) is 0 Å². The number of carbonyl (C=O) groups is 2. The Morgan fingerprint density at radius 2 is 2.04 bits per heavy atom. The van der Waals surface area contributed by atoms with Gasteiger partial charge in [0.2, 0.25) is 5.91 Å². The zero-order valence-electron chi connectivity index (χ0n) is 13.8. The highest BCUT2D eigenvalue weighted by Gasteiger charge is 2.12. The van der Waals surface area contributed by atoms with Gasteiger partial charge in [0.1, 0.15) is 12.2 Å². The average molecular weight is 341 g/mol. The zero-order chi connectivity index (χ0) is 17.8. The third kappa shape index (κ3) is 3.85. The van der Waals surface area contributed by atoms with Crippen LogP contribution in [0, 0.1) is 0 Å². The lowest BCUT2D eigenvalue weighted by atomic mass is 10.1. The van der Waals surface area contributed by atoms with Gasteiger partial charge in [-0.05, 0) is 18.6 Å². The molecule has 2 N–H and O–H groups in total. The number of hydrogen-bond donors (Lipinski definition) is 2. The van der Waals surface area contributed by atoms with Crippen LogP contribution in [-0.4, -0.2) is 36.5 Å². The molecule has 8 nitrogen and oxygen atoms in total. The van der Waals surface area contributed by atoms with Gasteiger partial charge in [-0.1, -0.05) is 23.4 Å². The number of hydrogen-bond acceptors (Lipinski definition) is 4. The van der Waals surface area contributed by atoms with Crippen LogP contribution in [0.5, 0.6) is 0 Å². The number of aromatic nitrogens is 4. The lowest BCUT2D eigenvalue weighted by molar-refractivity contribution is -0.138. The van der Waals surface area contributed by atoms with Crippen molar-refractivity contribution in [2.75, 3.05) is 0 Å². The number of fused-ring (bicyclic) bond motifs is 1. The molecule has 0 aliphatic heterocycles. The Kier molecular flexibility index (Phi) is 4.78. The summed E-state index contributed by atoms with van der Waals surface area (Å²) >= 11 is 0. The third-order valence-corrected chi connectivity index (χ3v) is 3.91. The van der Waals surface area contributed by atoms with Crippen LogP contribution >= 0.6 is 0 Å². The average Bonchev–Trinajstić information content (AvgIpc) is 3.17. The van der Waals surface area contributed by atoms with E-state index in [0.717, 1.165) is 23.0 Å². The number of carbonyl (C=O) groups excluding carboxylic acids is 1. The van der Waals surface area contributed by atoms with Gasteiger partial charge in [0, 0.05) is 23.6 Å². The molecule has 25 heavy (non-hydrogen) atoms. The number of aliphatic carboxylic acids is 1. The molecule has 2 aromatic heterocycles. The summed E-state index contributed by atoms with van der Waals surface area (Å²) in [6.07, 6.45) is 3.79. The molecule has 0 saturated carbocycles. The summed E-state index contributed by atoms with van der Waals surface area (Å²) in [5.41, 5.74) is 2.61. The number of benzene rings is 1. The lowest BCUT2D eigenvalue weighted by Crippen LogP contribution is -2.24.